The Balaban J connectivity index is 2.28. The summed E-state index contributed by atoms with van der Waals surface area (Å²) in [6.45, 7) is 3.89. The Morgan fingerprint density at radius 2 is 2.30 bits per heavy atom. The van der Waals surface area contributed by atoms with Gasteiger partial charge in [-0.3, -0.25) is 4.79 Å². The summed E-state index contributed by atoms with van der Waals surface area (Å²) in [4.78, 5) is 14.9. The fourth-order valence-electron chi connectivity index (χ4n) is 2.12. The highest BCUT2D eigenvalue weighted by Crippen LogP contribution is 2.22. The highest BCUT2D eigenvalue weighted by molar-refractivity contribution is 5.67. The van der Waals surface area contributed by atoms with Crippen LogP contribution < -0.4 is 0 Å². The Morgan fingerprint density at radius 1 is 1.50 bits per heavy atom. The number of tetrazole rings is 1. The predicted molar refractivity (Wildman–Crippen MR) is 67.8 cm³/mol. The van der Waals surface area contributed by atoms with Crippen molar-refractivity contribution in [1.82, 2.24) is 35.0 Å². The van der Waals surface area contributed by atoms with Crippen molar-refractivity contribution in [2.24, 2.45) is 0 Å². The molecule has 0 aliphatic carbocycles. The van der Waals surface area contributed by atoms with E-state index >= 15 is 0 Å². The van der Waals surface area contributed by atoms with Gasteiger partial charge in [0.25, 0.3) is 0 Å². The topological polar surface area (TPSA) is 112 Å². The van der Waals surface area contributed by atoms with Gasteiger partial charge in [-0.1, -0.05) is 13.3 Å². The molecule has 0 saturated carbocycles. The molecule has 0 amide bonds. The molecule has 2 rings (SSSR count). The average Bonchev–Trinajstić information content (AvgIpc) is 3.08. The number of aromatic nitrogens is 7. The maximum Gasteiger partial charge on any atom is 0.305 e. The average molecular weight is 279 g/mol. The molecule has 0 spiro atoms. The van der Waals surface area contributed by atoms with Crippen LogP contribution >= 0.6 is 0 Å². The van der Waals surface area contributed by atoms with Crippen LogP contribution in [0.1, 0.15) is 51.0 Å². The maximum absolute atomic E-state index is 11.0. The van der Waals surface area contributed by atoms with Gasteiger partial charge in [0, 0.05) is 0 Å². The van der Waals surface area contributed by atoms with Crippen LogP contribution in [0.3, 0.4) is 0 Å². The zero-order chi connectivity index (χ0) is 14.5. The summed E-state index contributed by atoms with van der Waals surface area (Å²) in [7, 11) is 0. The lowest BCUT2D eigenvalue weighted by Gasteiger charge is -2.18. The van der Waals surface area contributed by atoms with Crippen molar-refractivity contribution in [3.63, 3.8) is 0 Å². The van der Waals surface area contributed by atoms with E-state index in [2.05, 4.69) is 25.6 Å². The molecular weight excluding hydrogens is 262 g/mol. The Bertz CT molecular complexity index is 551. The van der Waals surface area contributed by atoms with Crippen LogP contribution in [0.5, 0.6) is 0 Å². The summed E-state index contributed by atoms with van der Waals surface area (Å²) in [6.07, 6.45) is 4.57. The van der Waals surface area contributed by atoms with Crippen LogP contribution in [-0.4, -0.2) is 46.0 Å². The monoisotopic (exact) mass is 279 g/mol. The molecule has 2 aromatic rings. The van der Waals surface area contributed by atoms with Gasteiger partial charge in [-0.25, -0.2) is 14.3 Å². The fourth-order valence-corrected chi connectivity index (χ4v) is 2.12. The van der Waals surface area contributed by atoms with Crippen molar-refractivity contribution in [2.45, 2.75) is 45.2 Å². The van der Waals surface area contributed by atoms with E-state index < -0.39 is 5.97 Å². The quantitative estimate of drug-likeness (QED) is 0.793. The highest BCUT2D eigenvalue weighted by Gasteiger charge is 2.24. The number of hydrogen-bond acceptors (Lipinski definition) is 6. The molecule has 20 heavy (non-hydrogen) atoms. The number of nitrogens with zero attached hydrogens (tertiary/aromatic N) is 7. The molecule has 0 bridgehead atoms. The molecule has 9 heteroatoms. The first-order valence-corrected chi connectivity index (χ1v) is 6.47. The number of rotatable bonds is 7. The van der Waals surface area contributed by atoms with Gasteiger partial charge in [-0.2, -0.15) is 5.10 Å². The van der Waals surface area contributed by atoms with Gasteiger partial charge in [0.05, 0.1) is 12.5 Å². The molecular formula is C11H17N7O2. The summed E-state index contributed by atoms with van der Waals surface area (Å²) in [5.74, 6) is -0.284. The van der Waals surface area contributed by atoms with Gasteiger partial charge in [-0.15, -0.1) is 5.10 Å². The molecule has 0 aliphatic heterocycles. The van der Waals surface area contributed by atoms with Crippen LogP contribution in [0.4, 0.5) is 0 Å². The zero-order valence-electron chi connectivity index (χ0n) is 11.4. The summed E-state index contributed by atoms with van der Waals surface area (Å²) in [6, 6.07) is -0.464. The lowest BCUT2D eigenvalue weighted by Crippen LogP contribution is -2.21. The molecule has 108 valence electrons. The van der Waals surface area contributed by atoms with Gasteiger partial charge in [0.1, 0.15) is 18.7 Å². The summed E-state index contributed by atoms with van der Waals surface area (Å²) < 4.78 is 3.22. The number of carboxylic acid groups (broad SMARTS) is 1. The van der Waals surface area contributed by atoms with E-state index in [1.54, 1.807) is 15.7 Å². The second-order valence-corrected chi connectivity index (χ2v) is 4.57. The van der Waals surface area contributed by atoms with E-state index in [4.69, 9.17) is 5.11 Å². The van der Waals surface area contributed by atoms with Gasteiger partial charge < -0.3 is 5.11 Å². The molecule has 1 N–H and O–H groups in total. The molecule has 0 radical (unpaired) electrons. The lowest BCUT2D eigenvalue weighted by atomic mass is 10.1. The third-order valence-electron chi connectivity index (χ3n) is 3.10. The van der Waals surface area contributed by atoms with Crippen LogP contribution in [0, 0.1) is 0 Å². The zero-order valence-corrected chi connectivity index (χ0v) is 11.4. The second-order valence-electron chi connectivity index (χ2n) is 4.57. The van der Waals surface area contributed by atoms with E-state index in [-0.39, 0.29) is 18.5 Å². The molecule has 2 aromatic heterocycles. The Kier molecular flexibility index (Phi) is 4.38. The molecule has 2 heterocycles. The molecule has 0 aliphatic rings. The minimum Gasteiger partial charge on any atom is -0.481 e. The molecule has 9 nitrogen and oxygen atoms in total. The van der Waals surface area contributed by atoms with Crippen molar-refractivity contribution in [2.75, 3.05) is 0 Å². The van der Waals surface area contributed by atoms with Gasteiger partial charge in [0.2, 0.25) is 0 Å². The van der Waals surface area contributed by atoms with Crippen LogP contribution in [0.2, 0.25) is 0 Å². The number of carbonyl (C=O) groups is 1. The fraction of sp³-hybridized carbons (Fsp3) is 0.636. The van der Waals surface area contributed by atoms with Crippen molar-refractivity contribution < 1.29 is 9.90 Å². The number of hydrogen-bond donors (Lipinski definition) is 1. The largest absolute Gasteiger partial charge is 0.481 e. The lowest BCUT2D eigenvalue weighted by molar-refractivity contribution is -0.138. The van der Waals surface area contributed by atoms with Crippen LogP contribution in [0.15, 0.2) is 12.7 Å². The second kappa shape index (κ2) is 6.22. The third kappa shape index (κ3) is 2.98. The first kappa shape index (κ1) is 14.1. The summed E-state index contributed by atoms with van der Waals surface area (Å²) in [5, 5.41) is 24.7. The Hall–Kier alpha value is -2.32. The SMILES string of the molecule is CCCC(CC(=O)O)n1nnnc1C(C)n1cncn1. The predicted octanol–water partition coefficient (Wildman–Crippen LogP) is 0.690. The normalized spacial score (nSPS) is 14.1. The Morgan fingerprint density at radius 3 is 2.90 bits per heavy atom. The summed E-state index contributed by atoms with van der Waals surface area (Å²) in [5.41, 5.74) is 0. The maximum atomic E-state index is 11.0. The van der Waals surface area contributed by atoms with E-state index in [0.717, 1.165) is 6.42 Å². The minimum absolute atomic E-state index is 0.00401. The smallest absolute Gasteiger partial charge is 0.305 e. The van der Waals surface area contributed by atoms with Crippen molar-refractivity contribution in [3.8, 4) is 0 Å². The first-order valence-electron chi connectivity index (χ1n) is 6.47. The molecule has 2 atom stereocenters. The van der Waals surface area contributed by atoms with Crippen molar-refractivity contribution in [3.05, 3.63) is 18.5 Å². The van der Waals surface area contributed by atoms with Crippen molar-refractivity contribution >= 4 is 5.97 Å². The third-order valence-corrected chi connectivity index (χ3v) is 3.10. The van der Waals surface area contributed by atoms with Crippen molar-refractivity contribution in [1.29, 1.82) is 0 Å². The number of aliphatic carboxylic acids is 1. The van der Waals surface area contributed by atoms with Gasteiger partial charge in [0.15, 0.2) is 5.82 Å². The van der Waals surface area contributed by atoms with E-state index in [0.29, 0.717) is 12.2 Å². The van der Waals surface area contributed by atoms with E-state index in [1.165, 1.54) is 6.33 Å². The molecule has 0 saturated heterocycles. The number of carboxylic acids is 1. The van der Waals surface area contributed by atoms with Crippen LogP contribution in [-0.2, 0) is 4.79 Å². The standard InChI is InChI=1S/C11H17N7O2/c1-3-4-9(5-10(19)20)18-11(14-15-16-18)8(2)17-7-12-6-13-17/h6-9H,3-5H2,1-2H3,(H,19,20). The first-order chi connectivity index (χ1) is 9.63. The molecule has 0 fully saturated rings. The molecule has 0 aromatic carbocycles. The van der Waals surface area contributed by atoms with Crippen LogP contribution in [0.25, 0.3) is 0 Å². The van der Waals surface area contributed by atoms with Gasteiger partial charge >= 0.3 is 5.97 Å². The summed E-state index contributed by atoms with van der Waals surface area (Å²) >= 11 is 0. The highest BCUT2D eigenvalue weighted by atomic mass is 16.4. The van der Waals surface area contributed by atoms with Gasteiger partial charge in [-0.05, 0) is 23.8 Å². The van der Waals surface area contributed by atoms with E-state index in [1.807, 2.05) is 13.8 Å². The minimum atomic E-state index is -0.863. The van der Waals surface area contributed by atoms with E-state index in [9.17, 15) is 4.79 Å². The Labute approximate surface area is 115 Å². The molecule has 2 unspecified atom stereocenters.